The third kappa shape index (κ3) is 2.49. The molecule has 1 aromatic carbocycles. The van der Waals surface area contributed by atoms with Gasteiger partial charge in [-0.3, -0.25) is 4.79 Å². The van der Waals surface area contributed by atoms with Crippen LogP contribution in [0.25, 0.3) is 0 Å². The summed E-state index contributed by atoms with van der Waals surface area (Å²) in [5.74, 6) is 0.476. The van der Waals surface area contributed by atoms with E-state index in [0.29, 0.717) is 17.9 Å². The molecule has 0 bridgehead atoms. The zero-order chi connectivity index (χ0) is 11.4. The van der Waals surface area contributed by atoms with Crippen LogP contribution in [0, 0.1) is 0 Å². The first-order valence-electron chi connectivity index (χ1n) is 4.69. The quantitative estimate of drug-likeness (QED) is 0.939. The molecule has 0 atom stereocenters. The fourth-order valence-corrected chi connectivity index (χ4v) is 1.71. The third-order valence-corrected chi connectivity index (χ3v) is 2.72. The summed E-state index contributed by atoms with van der Waals surface area (Å²) >= 11 is 3.32. The van der Waals surface area contributed by atoms with Gasteiger partial charge in [0.05, 0.1) is 18.3 Å². The fourth-order valence-electron chi connectivity index (χ4n) is 1.24. The van der Waals surface area contributed by atoms with Crippen LogP contribution in [0.5, 0.6) is 0 Å². The van der Waals surface area contributed by atoms with Gasteiger partial charge in [-0.15, -0.1) is 0 Å². The number of amides is 1. The highest BCUT2D eigenvalue weighted by molar-refractivity contribution is 9.10. The van der Waals surface area contributed by atoms with Gasteiger partial charge in [-0.05, 0) is 28.1 Å². The first-order valence-corrected chi connectivity index (χ1v) is 5.49. The zero-order valence-corrected chi connectivity index (χ0v) is 9.90. The molecule has 1 N–H and O–H groups in total. The Balaban J connectivity index is 2.01. The molecule has 1 amide bonds. The maximum atomic E-state index is 11.8. The van der Waals surface area contributed by atoms with E-state index in [2.05, 4.69) is 26.4 Å². The van der Waals surface area contributed by atoms with Gasteiger partial charge in [-0.25, -0.2) is 0 Å². The Hall–Kier alpha value is -1.62. The molecule has 0 aliphatic rings. The van der Waals surface area contributed by atoms with E-state index >= 15 is 0 Å². The normalized spacial score (nSPS) is 10.1. The van der Waals surface area contributed by atoms with Crippen LogP contribution in [0.3, 0.4) is 0 Å². The van der Waals surface area contributed by atoms with Gasteiger partial charge in [0.15, 0.2) is 5.76 Å². The number of aromatic nitrogens is 1. The van der Waals surface area contributed by atoms with Crippen molar-refractivity contribution in [1.82, 2.24) is 10.5 Å². The maximum Gasteiger partial charge on any atom is 0.252 e. The molecule has 0 saturated heterocycles. The Bertz CT molecular complexity index is 482. The molecule has 2 aromatic rings. The van der Waals surface area contributed by atoms with Crippen molar-refractivity contribution < 1.29 is 9.32 Å². The SMILES string of the molecule is O=C(NCc1ccno1)c1ccccc1Br. The zero-order valence-electron chi connectivity index (χ0n) is 8.31. The van der Waals surface area contributed by atoms with Crippen molar-refractivity contribution in [3.05, 3.63) is 52.3 Å². The minimum Gasteiger partial charge on any atom is -0.360 e. The van der Waals surface area contributed by atoms with Gasteiger partial charge in [0.2, 0.25) is 0 Å². The number of nitrogens with one attached hydrogen (secondary N) is 1. The number of nitrogens with zero attached hydrogens (tertiary/aromatic N) is 1. The molecular weight excluding hydrogens is 272 g/mol. The van der Waals surface area contributed by atoms with Gasteiger partial charge in [-0.1, -0.05) is 17.3 Å². The molecular formula is C11H9BrN2O2. The van der Waals surface area contributed by atoms with Crippen LogP contribution >= 0.6 is 15.9 Å². The largest absolute Gasteiger partial charge is 0.360 e. The summed E-state index contributed by atoms with van der Waals surface area (Å²) in [6.45, 7) is 0.333. The van der Waals surface area contributed by atoms with E-state index in [0.717, 1.165) is 4.47 Å². The highest BCUT2D eigenvalue weighted by atomic mass is 79.9. The monoisotopic (exact) mass is 280 g/mol. The molecule has 5 heteroatoms. The number of hydrogen-bond acceptors (Lipinski definition) is 3. The van der Waals surface area contributed by atoms with E-state index in [-0.39, 0.29) is 5.91 Å². The molecule has 0 spiro atoms. The van der Waals surface area contributed by atoms with E-state index in [4.69, 9.17) is 4.52 Å². The van der Waals surface area contributed by atoms with Crippen molar-refractivity contribution in [2.75, 3.05) is 0 Å². The van der Waals surface area contributed by atoms with Gasteiger partial charge in [0.1, 0.15) is 0 Å². The number of hydrogen-bond donors (Lipinski definition) is 1. The summed E-state index contributed by atoms with van der Waals surface area (Å²) in [7, 11) is 0. The molecule has 0 unspecified atom stereocenters. The second-order valence-electron chi connectivity index (χ2n) is 3.14. The summed E-state index contributed by atoms with van der Waals surface area (Å²) in [5, 5.41) is 6.29. The highest BCUT2D eigenvalue weighted by Crippen LogP contribution is 2.15. The molecule has 82 valence electrons. The van der Waals surface area contributed by atoms with Gasteiger partial charge >= 0.3 is 0 Å². The Morgan fingerprint density at radius 2 is 2.19 bits per heavy atom. The van der Waals surface area contributed by atoms with Crippen LogP contribution in [0.4, 0.5) is 0 Å². The lowest BCUT2D eigenvalue weighted by Gasteiger charge is -2.04. The molecule has 0 aliphatic heterocycles. The second kappa shape index (κ2) is 4.94. The minimum atomic E-state index is -0.149. The van der Waals surface area contributed by atoms with Gasteiger partial charge in [-0.2, -0.15) is 0 Å². The van der Waals surface area contributed by atoms with Crippen LogP contribution in [0.2, 0.25) is 0 Å². The Kier molecular flexibility index (Phi) is 3.36. The standard InChI is InChI=1S/C11H9BrN2O2/c12-10-4-2-1-3-9(10)11(15)13-7-8-5-6-14-16-8/h1-6H,7H2,(H,13,15). The first kappa shape index (κ1) is 10.9. The minimum absolute atomic E-state index is 0.149. The van der Waals surface area contributed by atoms with E-state index in [9.17, 15) is 4.79 Å². The Morgan fingerprint density at radius 1 is 1.38 bits per heavy atom. The van der Waals surface area contributed by atoms with Crippen LogP contribution < -0.4 is 5.32 Å². The summed E-state index contributed by atoms with van der Waals surface area (Å²) in [5.41, 5.74) is 0.599. The Morgan fingerprint density at radius 3 is 2.88 bits per heavy atom. The molecule has 0 saturated carbocycles. The predicted molar refractivity (Wildman–Crippen MR) is 61.8 cm³/mol. The van der Waals surface area contributed by atoms with E-state index in [1.54, 1.807) is 18.3 Å². The molecule has 0 radical (unpaired) electrons. The van der Waals surface area contributed by atoms with Crippen LogP contribution in [-0.4, -0.2) is 11.1 Å². The molecule has 16 heavy (non-hydrogen) atoms. The average Bonchev–Trinajstić information content (AvgIpc) is 2.79. The number of carbonyl (C=O) groups is 1. The number of benzene rings is 1. The van der Waals surface area contributed by atoms with Crippen molar-refractivity contribution >= 4 is 21.8 Å². The maximum absolute atomic E-state index is 11.8. The topological polar surface area (TPSA) is 55.1 Å². The van der Waals surface area contributed by atoms with Gasteiger partial charge < -0.3 is 9.84 Å². The molecule has 0 aliphatic carbocycles. The molecule has 4 nitrogen and oxygen atoms in total. The third-order valence-electron chi connectivity index (χ3n) is 2.03. The molecule has 1 heterocycles. The van der Waals surface area contributed by atoms with Crippen LogP contribution in [-0.2, 0) is 6.54 Å². The lowest BCUT2D eigenvalue weighted by atomic mass is 10.2. The van der Waals surface area contributed by atoms with Crippen molar-refractivity contribution in [3.8, 4) is 0 Å². The molecule has 1 aromatic heterocycles. The van der Waals surface area contributed by atoms with E-state index < -0.39 is 0 Å². The van der Waals surface area contributed by atoms with Gasteiger partial charge in [0, 0.05) is 10.5 Å². The van der Waals surface area contributed by atoms with Crippen LogP contribution in [0.1, 0.15) is 16.1 Å². The van der Waals surface area contributed by atoms with Gasteiger partial charge in [0.25, 0.3) is 5.91 Å². The average molecular weight is 281 g/mol. The van der Waals surface area contributed by atoms with Crippen molar-refractivity contribution in [1.29, 1.82) is 0 Å². The molecule has 0 fully saturated rings. The first-order chi connectivity index (χ1) is 7.77. The van der Waals surface area contributed by atoms with E-state index in [1.165, 1.54) is 0 Å². The summed E-state index contributed by atoms with van der Waals surface area (Å²) in [6, 6.07) is 8.95. The predicted octanol–water partition coefficient (Wildman–Crippen LogP) is 2.37. The number of halogens is 1. The van der Waals surface area contributed by atoms with E-state index in [1.807, 2.05) is 18.2 Å². The van der Waals surface area contributed by atoms with Crippen molar-refractivity contribution in [2.24, 2.45) is 0 Å². The van der Waals surface area contributed by atoms with Crippen molar-refractivity contribution in [2.45, 2.75) is 6.54 Å². The summed E-state index contributed by atoms with van der Waals surface area (Å²) in [4.78, 5) is 11.8. The second-order valence-corrected chi connectivity index (χ2v) is 4.00. The van der Waals surface area contributed by atoms with Crippen LogP contribution in [0.15, 0.2) is 45.5 Å². The number of rotatable bonds is 3. The smallest absolute Gasteiger partial charge is 0.252 e. The Labute approximate surface area is 101 Å². The fraction of sp³-hybridized carbons (Fsp3) is 0.0909. The van der Waals surface area contributed by atoms with Crippen molar-refractivity contribution in [3.63, 3.8) is 0 Å². The summed E-state index contributed by atoms with van der Waals surface area (Å²) < 4.78 is 5.64. The lowest BCUT2D eigenvalue weighted by Crippen LogP contribution is -2.22. The lowest BCUT2D eigenvalue weighted by molar-refractivity contribution is 0.0946. The number of carbonyl (C=O) groups excluding carboxylic acids is 1. The summed E-state index contributed by atoms with van der Waals surface area (Å²) in [6.07, 6.45) is 1.54. The molecule has 2 rings (SSSR count). The highest BCUT2D eigenvalue weighted by Gasteiger charge is 2.09.